The maximum atomic E-state index is 4.18. The van der Waals surface area contributed by atoms with Crippen molar-refractivity contribution in [1.29, 1.82) is 0 Å². The van der Waals surface area contributed by atoms with Crippen LogP contribution in [0.3, 0.4) is 0 Å². The van der Waals surface area contributed by atoms with Crippen molar-refractivity contribution < 1.29 is 0 Å². The third-order valence-electron chi connectivity index (χ3n) is 1.55. The van der Waals surface area contributed by atoms with Gasteiger partial charge >= 0.3 is 0 Å². The first-order chi connectivity index (χ1) is 4.79. The molecule has 0 aliphatic heterocycles. The van der Waals surface area contributed by atoms with Crippen molar-refractivity contribution in [1.82, 2.24) is 5.43 Å². The molecule has 1 aliphatic carbocycles. The Balaban J connectivity index is 2.09. The molecule has 0 saturated heterocycles. The van der Waals surface area contributed by atoms with Gasteiger partial charge in [-0.3, -0.25) is 0 Å². The Hall–Kier alpha value is -0.790. The quantitative estimate of drug-likeness (QED) is 0.466. The number of nitrogens with zero attached hydrogens (tertiary/aromatic N) is 1. The summed E-state index contributed by atoms with van der Waals surface area (Å²) in [6, 6.07) is 0. The summed E-state index contributed by atoms with van der Waals surface area (Å²) in [6.07, 6.45) is 3.68. The van der Waals surface area contributed by atoms with Gasteiger partial charge in [-0.2, -0.15) is 5.10 Å². The molecule has 0 spiro atoms. The van der Waals surface area contributed by atoms with Crippen LogP contribution in [0.1, 0.15) is 26.2 Å². The fourth-order valence-corrected chi connectivity index (χ4v) is 0.733. The predicted molar refractivity (Wildman–Crippen MR) is 44.1 cm³/mol. The second kappa shape index (κ2) is 3.40. The topological polar surface area (TPSA) is 24.4 Å². The molecule has 0 aromatic heterocycles. The van der Waals surface area contributed by atoms with Crippen molar-refractivity contribution in [3.8, 4) is 0 Å². The highest BCUT2D eigenvalue weighted by Gasteiger charge is 2.08. The number of nitrogens with one attached hydrogen (secondary N) is 1. The molecule has 0 aromatic carbocycles. The van der Waals surface area contributed by atoms with E-state index in [0.29, 0.717) is 0 Å². The second-order valence-corrected chi connectivity index (χ2v) is 2.82. The minimum Gasteiger partial charge on any atom is -0.306 e. The van der Waals surface area contributed by atoms with E-state index in [2.05, 4.69) is 17.1 Å². The van der Waals surface area contributed by atoms with Crippen molar-refractivity contribution in [2.24, 2.45) is 5.10 Å². The lowest BCUT2D eigenvalue weighted by atomic mass is 9.98. The number of hydrogen-bond donors (Lipinski definition) is 1. The van der Waals surface area contributed by atoms with E-state index in [9.17, 15) is 0 Å². The van der Waals surface area contributed by atoms with Gasteiger partial charge in [0.2, 0.25) is 0 Å². The minimum absolute atomic E-state index is 0.809. The minimum atomic E-state index is 0.809. The van der Waals surface area contributed by atoms with Gasteiger partial charge in [-0.25, -0.2) is 0 Å². The Kier molecular flexibility index (Phi) is 2.49. The molecule has 1 aliphatic rings. The normalized spacial score (nSPS) is 15.9. The first kappa shape index (κ1) is 7.32. The highest BCUT2D eigenvalue weighted by Crippen LogP contribution is 2.13. The smallest absolute Gasteiger partial charge is 0.0534 e. The first-order valence-corrected chi connectivity index (χ1v) is 3.71. The highest BCUT2D eigenvalue weighted by atomic mass is 15.3. The lowest BCUT2D eigenvalue weighted by Gasteiger charge is -2.14. The summed E-state index contributed by atoms with van der Waals surface area (Å²) in [5, 5.41) is 4.18. The zero-order valence-corrected chi connectivity index (χ0v) is 6.48. The van der Waals surface area contributed by atoms with Crippen molar-refractivity contribution in [3.05, 3.63) is 12.2 Å². The van der Waals surface area contributed by atoms with E-state index < -0.39 is 0 Å². The van der Waals surface area contributed by atoms with Crippen LogP contribution in [0, 0.1) is 0 Å². The standard InChI is InChI=1S/C8H14N2/c1-7(2)6-9-10-8-4-3-5-8/h9H,1,3-6H2,2H3. The maximum absolute atomic E-state index is 4.18. The van der Waals surface area contributed by atoms with Gasteiger partial charge in [-0.15, -0.1) is 0 Å². The monoisotopic (exact) mass is 138 g/mol. The van der Waals surface area contributed by atoms with E-state index in [4.69, 9.17) is 0 Å². The fourth-order valence-electron chi connectivity index (χ4n) is 0.733. The third-order valence-corrected chi connectivity index (χ3v) is 1.55. The molecule has 2 heteroatoms. The van der Waals surface area contributed by atoms with Crippen LogP contribution in [0.25, 0.3) is 0 Å². The summed E-state index contributed by atoms with van der Waals surface area (Å²) >= 11 is 0. The molecule has 0 amide bonds. The molecular weight excluding hydrogens is 124 g/mol. The predicted octanol–water partition coefficient (Wildman–Crippen LogP) is 1.69. The van der Waals surface area contributed by atoms with E-state index in [0.717, 1.165) is 12.1 Å². The van der Waals surface area contributed by atoms with Crippen LogP contribution in [0.2, 0.25) is 0 Å². The molecule has 10 heavy (non-hydrogen) atoms. The van der Waals surface area contributed by atoms with Gasteiger partial charge < -0.3 is 5.43 Å². The molecular formula is C8H14N2. The van der Waals surface area contributed by atoms with Gasteiger partial charge in [0.05, 0.1) is 6.54 Å². The van der Waals surface area contributed by atoms with E-state index in [1.165, 1.54) is 25.0 Å². The Labute approximate surface area is 62.0 Å². The average Bonchev–Trinajstić information content (AvgIpc) is 1.75. The van der Waals surface area contributed by atoms with Crippen LogP contribution in [0.4, 0.5) is 0 Å². The number of hydrogen-bond acceptors (Lipinski definition) is 2. The highest BCUT2D eigenvalue weighted by molar-refractivity contribution is 5.88. The van der Waals surface area contributed by atoms with Crippen LogP contribution >= 0.6 is 0 Å². The van der Waals surface area contributed by atoms with Crippen molar-refractivity contribution in [2.45, 2.75) is 26.2 Å². The van der Waals surface area contributed by atoms with Crippen LogP contribution in [0.15, 0.2) is 17.3 Å². The third kappa shape index (κ3) is 2.21. The summed E-state index contributed by atoms with van der Waals surface area (Å²) < 4.78 is 0. The van der Waals surface area contributed by atoms with Crippen LogP contribution in [-0.2, 0) is 0 Å². The largest absolute Gasteiger partial charge is 0.306 e. The summed E-state index contributed by atoms with van der Waals surface area (Å²) in [4.78, 5) is 0. The summed E-state index contributed by atoms with van der Waals surface area (Å²) in [7, 11) is 0. The van der Waals surface area contributed by atoms with Gasteiger partial charge in [0, 0.05) is 5.71 Å². The van der Waals surface area contributed by atoms with Gasteiger partial charge in [0.15, 0.2) is 0 Å². The molecule has 1 rings (SSSR count). The summed E-state index contributed by atoms with van der Waals surface area (Å²) in [6.45, 7) is 6.57. The van der Waals surface area contributed by atoms with Gasteiger partial charge in [-0.1, -0.05) is 12.2 Å². The average molecular weight is 138 g/mol. The Morgan fingerprint density at radius 2 is 2.40 bits per heavy atom. The SMILES string of the molecule is C=C(C)CNN=C1CCC1. The Morgan fingerprint density at radius 3 is 2.80 bits per heavy atom. The molecule has 1 N–H and O–H groups in total. The Morgan fingerprint density at radius 1 is 1.70 bits per heavy atom. The molecule has 56 valence electrons. The molecule has 0 aromatic rings. The van der Waals surface area contributed by atoms with Crippen molar-refractivity contribution in [2.75, 3.05) is 6.54 Å². The lowest BCUT2D eigenvalue weighted by molar-refractivity contribution is 0.732. The molecule has 2 nitrogen and oxygen atoms in total. The molecule has 0 atom stereocenters. The van der Waals surface area contributed by atoms with Crippen LogP contribution < -0.4 is 5.43 Å². The molecule has 1 fully saturated rings. The lowest BCUT2D eigenvalue weighted by Crippen LogP contribution is -2.17. The van der Waals surface area contributed by atoms with E-state index in [-0.39, 0.29) is 0 Å². The zero-order chi connectivity index (χ0) is 7.40. The Bertz CT molecular complexity index is 153. The zero-order valence-electron chi connectivity index (χ0n) is 6.48. The van der Waals surface area contributed by atoms with Crippen molar-refractivity contribution >= 4 is 5.71 Å². The van der Waals surface area contributed by atoms with E-state index in [1.807, 2.05) is 6.92 Å². The van der Waals surface area contributed by atoms with Gasteiger partial charge in [0.1, 0.15) is 0 Å². The van der Waals surface area contributed by atoms with Crippen LogP contribution in [-0.4, -0.2) is 12.3 Å². The van der Waals surface area contributed by atoms with E-state index >= 15 is 0 Å². The molecule has 0 unspecified atom stereocenters. The number of rotatable bonds is 3. The molecule has 1 saturated carbocycles. The van der Waals surface area contributed by atoms with E-state index in [1.54, 1.807) is 0 Å². The number of hydrazone groups is 1. The van der Waals surface area contributed by atoms with Crippen molar-refractivity contribution in [3.63, 3.8) is 0 Å². The maximum Gasteiger partial charge on any atom is 0.0534 e. The van der Waals surface area contributed by atoms with Gasteiger partial charge in [0.25, 0.3) is 0 Å². The second-order valence-electron chi connectivity index (χ2n) is 2.82. The van der Waals surface area contributed by atoms with Gasteiger partial charge in [-0.05, 0) is 26.2 Å². The van der Waals surface area contributed by atoms with Crippen LogP contribution in [0.5, 0.6) is 0 Å². The molecule has 0 bridgehead atoms. The fraction of sp³-hybridized carbons (Fsp3) is 0.625. The summed E-state index contributed by atoms with van der Waals surface area (Å²) in [5.41, 5.74) is 5.41. The summed E-state index contributed by atoms with van der Waals surface area (Å²) in [5.74, 6) is 0. The molecule has 0 radical (unpaired) electrons. The molecule has 0 heterocycles. The first-order valence-electron chi connectivity index (χ1n) is 3.71.